The highest BCUT2D eigenvalue weighted by atomic mass is 32.2. The van der Waals surface area contributed by atoms with E-state index in [2.05, 4.69) is 0 Å². The molecule has 0 unspecified atom stereocenters. The Morgan fingerprint density at radius 2 is 1.71 bits per heavy atom. The molecule has 3 nitrogen and oxygen atoms in total. The molecule has 0 fully saturated rings. The van der Waals surface area contributed by atoms with E-state index >= 15 is 0 Å². The van der Waals surface area contributed by atoms with Crippen LogP contribution in [0.15, 0.2) is 35.2 Å². The van der Waals surface area contributed by atoms with E-state index in [-0.39, 0.29) is 9.42 Å². The normalized spacial score (nSPS) is 12.4. The summed E-state index contributed by atoms with van der Waals surface area (Å²) >= 11 is 0. The third kappa shape index (κ3) is 2.10. The van der Waals surface area contributed by atoms with Crippen LogP contribution in [0, 0.1) is 0 Å². The molecule has 1 aromatic carbocycles. The second-order valence-corrected chi connectivity index (χ2v) is 4.92. The molecule has 0 N–H and O–H groups in total. The lowest BCUT2D eigenvalue weighted by molar-refractivity contribution is 0.102. The second-order valence-electron chi connectivity index (χ2n) is 3.15. The number of rotatable bonds is 3. The van der Waals surface area contributed by atoms with Crippen LogP contribution in [0.5, 0.6) is 0 Å². The number of benzene rings is 1. The Balaban J connectivity index is 3.10. The predicted molar refractivity (Wildman–Crippen MR) is 51.7 cm³/mol. The van der Waals surface area contributed by atoms with Gasteiger partial charge in [0.2, 0.25) is 0 Å². The number of hydrogen-bond donors (Lipinski definition) is 0. The predicted octanol–water partition coefficient (Wildman–Crippen LogP) is 1.97. The summed E-state index contributed by atoms with van der Waals surface area (Å²) < 4.78 is 36.1. The van der Waals surface area contributed by atoms with Gasteiger partial charge in [-0.2, -0.15) is 0 Å². The summed E-state index contributed by atoms with van der Waals surface area (Å²) in [5.41, 5.74) is 0. The first-order valence-corrected chi connectivity index (χ1v) is 5.65. The van der Waals surface area contributed by atoms with E-state index in [0.29, 0.717) is 0 Å². The fraction of sp³-hybridized carbons (Fsp3) is 0.333. The smallest absolute Gasteiger partial charge is 0.205 e. The van der Waals surface area contributed by atoms with E-state index in [1.807, 2.05) is 0 Å². The van der Waals surface area contributed by atoms with E-state index < -0.39 is 16.1 Å². The summed E-state index contributed by atoms with van der Waals surface area (Å²) in [5.74, 6) is 0. The van der Waals surface area contributed by atoms with Crippen LogP contribution in [0.25, 0.3) is 0 Å². The van der Waals surface area contributed by atoms with Crippen LogP contribution < -0.4 is 0 Å². The van der Waals surface area contributed by atoms with Crippen molar-refractivity contribution in [1.82, 2.24) is 4.53 Å². The van der Waals surface area contributed by atoms with E-state index in [9.17, 15) is 12.9 Å². The molecule has 0 heterocycles. The van der Waals surface area contributed by atoms with Gasteiger partial charge in [0.1, 0.15) is 0 Å². The maximum absolute atomic E-state index is 13.2. The van der Waals surface area contributed by atoms with E-state index in [0.717, 1.165) is 0 Å². The van der Waals surface area contributed by atoms with Gasteiger partial charge in [-0.05, 0) is 30.5 Å². The molecule has 1 aromatic rings. The van der Waals surface area contributed by atoms with Crippen molar-refractivity contribution >= 4 is 10.0 Å². The van der Waals surface area contributed by atoms with E-state index in [1.54, 1.807) is 18.2 Å². The van der Waals surface area contributed by atoms with Crippen molar-refractivity contribution in [3.63, 3.8) is 0 Å². The van der Waals surface area contributed by atoms with Crippen LogP contribution in [0.3, 0.4) is 0 Å². The molecule has 14 heavy (non-hydrogen) atoms. The van der Waals surface area contributed by atoms with E-state index in [4.69, 9.17) is 0 Å². The van der Waals surface area contributed by atoms with Gasteiger partial charge in [-0.1, -0.05) is 18.2 Å². The van der Waals surface area contributed by atoms with Crippen LogP contribution in [0.2, 0.25) is 0 Å². The van der Waals surface area contributed by atoms with Crippen molar-refractivity contribution in [2.24, 2.45) is 0 Å². The quantitative estimate of drug-likeness (QED) is 0.726. The van der Waals surface area contributed by atoms with Gasteiger partial charge in [-0.25, -0.2) is 8.42 Å². The lowest BCUT2D eigenvalue weighted by atomic mass is 10.4. The number of nitrogens with zero attached hydrogens (tertiary/aromatic N) is 1. The van der Waals surface area contributed by atoms with Crippen molar-refractivity contribution in [1.29, 1.82) is 0 Å². The minimum atomic E-state index is -3.97. The van der Waals surface area contributed by atoms with Crippen molar-refractivity contribution in [3.05, 3.63) is 30.3 Å². The van der Waals surface area contributed by atoms with Gasteiger partial charge < -0.3 is 0 Å². The largest absolute Gasteiger partial charge is 0.269 e. The topological polar surface area (TPSA) is 37.4 Å². The molecule has 0 aliphatic rings. The first kappa shape index (κ1) is 11.1. The summed E-state index contributed by atoms with van der Waals surface area (Å²) in [5, 5.41) is 0. The summed E-state index contributed by atoms with van der Waals surface area (Å²) in [6.07, 6.45) is 0. The zero-order chi connectivity index (χ0) is 10.8. The zero-order valence-electron chi connectivity index (χ0n) is 8.01. The SMILES string of the molecule is CC(C)N(F)S(=O)(=O)c1ccccc1. The van der Waals surface area contributed by atoms with Gasteiger partial charge in [-0.3, -0.25) is 0 Å². The number of halogens is 1. The molecule has 0 spiro atoms. The summed E-state index contributed by atoms with van der Waals surface area (Å²) in [6, 6.07) is 6.83. The second kappa shape index (κ2) is 4.06. The maximum atomic E-state index is 13.2. The Bertz CT molecular complexity index is 389. The molecular formula is C9H12FNO2S. The maximum Gasteiger partial charge on any atom is 0.269 e. The van der Waals surface area contributed by atoms with Gasteiger partial charge in [0.25, 0.3) is 10.0 Å². The molecular weight excluding hydrogens is 205 g/mol. The minimum Gasteiger partial charge on any atom is -0.205 e. The minimum absolute atomic E-state index is 0.0313. The van der Waals surface area contributed by atoms with Gasteiger partial charge in [0.05, 0.1) is 10.9 Å². The highest BCUT2D eigenvalue weighted by Gasteiger charge is 2.26. The summed E-state index contributed by atoms with van der Waals surface area (Å²) in [7, 11) is -3.97. The van der Waals surface area contributed by atoms with Gasteiger partial charge in [0, 0.05) is 0 Å². The highest BCUT2D eigenvalue weighted by Crippen LogP contribution is 2.17. The van der Waals surface area contributed by atoms with Gasteiger partial charge in [0.15, 0.2) is 0 Å². The lowest BCUT2D eigenvalue weighted by Gasteiger charge is -2.15. The first-order valence-electron chi connectivity index (χ1n) is 4.21. The van der Waals surface area contributed by atoms with Crippen LogP contribution in [-0.4, -0.2) is 19.0 Å². The van der Waals surface area contributed by atoms with Crippen molar-refractivity contribution in [2.75, 3.05) is 0 Å². The van der Waals surface area contributed by atoms with Crippen molar-refractivity contribution < 1.29 is 12.9 Å². The number of sulfonamides is 1. The Labute approximate surface area is 83.1 Å². The highest BCUT2D eigenvalue weighted by molar-refractivity contribution is 7.89. The molecule has 0 saturated heterocycles. The van der Waals surface area contributed by atoms with Crippen LogP contribution in [-0.2, 0) is 10.0 Å². The standard InChI is InChI=1S/C9H12FNO2S/c1-8(2)11(10)14(12,13)9-6-4-3-5-7-9/h3-8H,1-2H3. The van der Waals surface area contributed by atoms with Crippen molar-refractivity contribution in [3.8, 4) is 0 Å². The molecule has 0 aliphatic heterocycles. The van der Waals surface area contributed by atoms with Gasteiger partial charge in [-0.15, -0.1) is 4.48 Å². The third-order valence-corrected chi connectivity index (χ3v) is 3.43. The molecule has 0 aromatic heterocycles. The molecule has 0 radical (unpaired) electrons. The molecule has 5 heteroatoms. The Hall–Kier alpha value is -0.940. The lowest BCUT2D eigenvalue weighted by Crippen LogP contribution is -2.29. The molecule has 0 aliphatic carbocycles. The zero-order valence-corrected chi connectivity index (χ0v) is 8.83. The average Bonchev–Trinajstić information content (AvgIpc) is 2.18. The number of hydrogen-bond acceptors (Lipinski definition) is 2. The fourth-order valence-corrected chi connectivity index (χ4v) is 2.23. The average molecular weight is 217 g/mol. The van der Waals surface area contributed by atoms with Gasteiger partial charge >= 0.3 is 0 Å². The Morgan fingerprint density at radius 3 is 2.14 bits per heavy atom. The Morgan fingerprint density at radius 1 is 1.21 bits per heavy atom. The fourth-order valence-electron chi connectivity index (χ4n) is 0.971. The molecule has 0 atom stereocenters. The molecule has 1 rings (SSSR count). The molecule has 78 valence electrons. The first-order chi connectivity index (χ1) is 6.46. The monoisotopic (exact) mass is 217 g/mol. The van der Waals surface area contributed by atoms with Crippen LogP contribution in [0.1, 0.15) is 13.8 Å². The third-order valence-electron chi connectivity index (χ3n) is 1.68. The summed E-state index contributed by atoms with van der Waals surface area (Å²) in [4.78, 5) is -0.0313. The summed E-state index contributed by atoms with van der Waals surface area (Å²) in [6.45, 7) is 2.95. The van der Waals surface area contributed by atoms with Crippen LogP contribution >= 0.6 is 0 Å². The van der Waals surface area contributed by atoms with Crippen LogP contribution in [0.4, 0.5) is 4.48 Å². The Kier molecular flexibility index (Phi) is 3.23. The molecule has 0 saturated carbocycles. The molecule has 0 bridgehead atoms. The molecule has 0 amide bonds. The van der Waals surface area contributed by atoms with E-state index in [1.165, 1.54) is 26.0 Å². The van der Waals surface area contributed by atoms with Crippen molar-refractivity contribution in [2.45, 2.75) is 24.8 Å².